The van der Waals surface area contributed by atoms with Crippen molar-refractivity contribution in [3.05, 3.63) is 84.2 Å². The molecule has 4 N–H and O–H groups in total. The number of nitrogens with one attached hydrogen (secondary N) is 2. The highest BCUT2D eigenvalue weighted by Crippen LogP contribution is 2.41. The highest BCUT2D eigenvalue weighted by molar-refractivity contribution is 6.16. The van der Waals surface area contributed by atoms with Gasteiger partial charge >= 0.3 is 0 Å². The fourth-order valence-electron chi connectivity index (χ4n) is 4.95. The van der Waals surface area contributed by atoms with Crippen LogP contribution in [0.1, 0.15) is 37.3 Å². The smallest absolute Gasteiger partial charge is 0.141 e. The summed E-state index contributed by atoms with van der Waals surface area (Å²) in [4.78, 5) is 11.2. The molecule has 1 saturated heterocycles. The summed E-state index contributed by atoms with van der Waals surface area (Å²) in [5.74, 6) is 3.02. The van der Waals surface area contributed by atoms with E-state index in [1.807, 2.05) is 54.6 Å². The Hall–Kier alpha value is -3.71. The number of nitrogens with zero attached hydrogens (tertiary/aromatic N) is 3. The van der Waals surface area contributed by atoms with E-state index in [1.54, 1.807) is 0 Å². The fraction of sp³-hybridized carbons (Fsp3) is 0.321. The lowest BCUT2D eigenvalue weighted by atomic mass is 10.0. The number of rotatable bonds is 8. The van der Waals surface area contributed by atoms with Gasteiger partial charge in [0.05, 0.1) is 11.3 Å². The second kappa shape index (κ2) is 9.88. The second-order valence-corrected chi connectivity index (χ2v) is 9.53. The molecule has 0 radical (unpaired) electrons. The number of nitrogens with two attached hydrogens (primary N) is 1. The topological polar surface area (TPSA) is 100 Å². The van der Waals surface area contributed by atoms with E-state index in [2.05, 4.69) is 33.7 Å². The monoisotopic (exact) mass is 468 g/mol. The van der Waals surface area contributed by atoms with Gasteiger partial charge in [-0.25, -0.2) is 9.97 Å². The predicted octanol–water partition coefficient (Wildman–Crippen LogP) is 5.11. The minimum Gasteiger partial charge on any atom is -0.457 e. The lowest BCUT2D eigenvalue weighted by molar-refractivity contribution is 0.201. The number of piperidine rings is 1. The minimum atomic E-state index is 0.248. The van der Waals surface area contributed by atoms with E-state index < -0.39 is 0 Å². The zero-order chi connectivity index (χ0) is 24.4. The van der Waals surface area contributed by atoms with Crippen molar-refractivity contribution in [3.63, 3.8) is 0 Å². The van der Waals surface area contributed by atoms with Gasteiger partial charge in [0.1, 0.15) is 29.5 Å². The molecule has 2 aliphatic rings. The largest absolute Gasteiger partial charge is 0.457 e. The molecule has 35 heavy (non-hydrogen) atoms. The van der Waals surface area contributed by atoms with Gasteiger partial charge in [-0.2, -0.15) is 0 Å². The molecule has 5 rings (SSSR count). The Morgan fingerprint density at radius 2 is 1.86 bits per heavy atom. The molecule has 3 aromatic rings. The third kappa shape index (κ3) is 5.20. The molecular formula is C28H32N6O. The van der Waals surface area contributed by atoms with Crippen LogP contribution < -0.4 is 15.8 Å². The summed E-state index contributed by atoms with van der Waals surface area (Å²) < 4.78 is 5.88. The van der Waals surface area contributed by atoms with Gasteiger partial charge < -0.3 is 15.8 Å². The molecule has 0 bridgehead atoms. The van der Waals surface area contributed by atoms with E-state index in [1.165, 1.54) is 18.3 Å². The summed E-state index contributed by atoms with van der Waals surface area (Å²) in [6.45, 7) is 8.35. The molecule has 1 aliphatic carbocycles. The summed E-state index contributed by atoms with van der Waals surface area (Å²) >= 11 is 0. The number of likely N-dealkylation sites (tertiary alicyclic amines) is 1. The van der Waals surface area contributed by atoms with E-state index in [0.717, 1.165) is 37.2 Å². The highest BCUT2D eigenvalue weighted by atomic mass is 16.5. The van der Waals surface area contributed by atoms with E-state index in [9.17, 15) is 0 Å². The lowest BCUT2D eigenvalue weighted by Crippen LogP contribution is -2.44. The Morgan fingerprint density at radius 3 is 2.57 bits per heavy atom. The molecule has 2 unspecified atom stereocenters. The Kier molecular flexibility index (Phi) is 6.51. The van der Waals surface area contributed by atoms with Crippen molar-refractivity contribution in [3.8, 4) is 11.5 Å². The van der Waals surface area contributed by atoms with Gasteiger partial charge in [0, 0.05) is 24.2 Å². The average Bonchev–Trinajstić information content (AvgIpc) is 3.67. The van der Waals surface area contributed by atoms with Crippen LogP contribution in [0.5, 0.6) is 11.5 Å². The van der Waals surface area contributed by atoms with Crippen LogP contribution in [-0.2, 0) is 0 Å². The van der Waals surface area contributed by atoms with Crippen molar-refractivity contribution in [2.75, 3.05) is 24.1 Å². The van der Waals surface area contributed by atoms with Gasteiger partial charge in [-0.15, -0.1) is 0 Å². The number of ether oxygens (including phenoxy) is 1. The standard InChI is InChI=1S/C28H32N6O/c1-18(2)23-15-24(23)34-14-6-7-20(16-34)33-28-25(27(30)31-17-32-28)26(29)19-10-12-22(13-11-19)35-21-8-4-3-5-9-21/h3-5,8-13,17,20,23-24,29H,1,6-7,14-16H2,2H3,(H3,30,31,32,33)/t20-,23?,24?/m1/s1. The third-order valence-electron chi connectivity index (χ3n) is 6.90. The Labute approximate surface area is 206 Å². The maximum Gasteiger partial charge on any atom is 0.141 e. The molecule has 0 amide bonds. The second-order valence-electron chi connectivity index (χ2n) is 9.53. The first kappa shape index (κ1) is 23.1. The van der Waals surface area contributed by atoms with Crippen LogP contribution in [0, 0.1) is 11.3 Å². The molecule has 180 valence electrons. The van der Waals surface area contributed by atoms with Gasteiger partial charge in [-0.1, -0.05) is 30.4 Å². The predicted molar refractivity (Wildman–Crippen MR) is 140 cm³/mol. The van der Waals surface area contributed by atoms with Crippen molar-refractivity contribution in [1.82, 2.24) is 14.9 Å². The quantitative estimate of drug-likeness (QED) is 0.314. The molecule has 7 nitrogen and oxygen atoms in total. The summed E-state index contributed by atoms with van der Waals surface area (Å²) in [6, 6.07) is 17.9. The molecule has 1 aliphatic heterocycles. The SMILES string of the molecule is C=C(C)C1CC1N1CCC[C@@H](Nc2ncnc(N)c2C(=N)c2ccc(Oc3ccccc3)cc2)C1. The van der Waals surface area contributed by atoms with E-state index in [0.29, 0.717) is 34.9 Å². The van der Waals surface area contributed by atoms with Crippen LogP contribution in [0.15, 0.2) is 73.1 Å². The van der Waals surface area contributed by atoms with Crippen LogP contribution in [0.25, 0.3) is 0 Å². The maximum absolute atomic E-state index is 8.89. The highest BCUT2D eigenvalue weighted by Gasteiger charge is 2.43. The van der Waals surface area contributed by atoms with Crippen LogP contribution in [0.2, 0.25) is 0 Å². The first-order chi connectivity index (χ1) is 17.0. The molecule has 7 heteroatoms. The number of anilines is 2. The van der Waals surface area contributed by atoms with Crippen LogP contribution >= 0.6 is 0 Å². The summed E-state index contributed by atoms with van der Waals surface area (Å²) in [7, 11) is 0. The van der Waals surface area contributed by atoms with Crippen molar-refractivity contribution >= 4 is 17.3 Å². The fourth-order valence-corrected chi connectivity index (χ4v) is 4.95. The van der Waals surface area contributed by atoms with E-state index in [-0.39, 0.29) is 11.8 Å². The van der Waals surface area contributed by atoms with Gasteiger partial charge in [0.25, 0.3) is 0 Å². The molecule has 2 aromatic carbocycles. The van der Waals surface area contributed by atoms with Crippen molar-refractivity contribution in [1.29, 1.82) is 5.41 Å². The summed E-state index contributed by atoms with van der Waals surface area (Å²) in [5.41, 5.74) is 9.08. The molecule has 2 heterocycles. The van der Waals surface area contributed by atoms with E-state index >= 15 is 0 Å². The first-order valence-corrected chi connectivity index (χ1v) is 12.2. The van der Waals surface area contributed by atoms with Gasteiger partial charge in [-0.05, 0) is 75.0 Å². The Morgan fingerprint density at radius 1 is 1.11 bits per heavy atom. The minimum absolute atomic E-state index is 0.248. The maximum atomic E-state index is 8.89. The molecular weight excluding hydrogens is 436 g/mol. The third-order valence-corrected chi connectivity index (χ3v) is 6.90. The zero-order valence-electron chi connectivity index (χ0n) is 20.1. The zero-order valence-corrected chi connectivity index (χ0v) is 20.1. The Bertz CT molecular complexity index is 1210. The number of hydrogen-bond donors (Lipinski definition) is 3. The summed E-state index contributed by atoms with van der Waals surface area (Å²) in [6.07, 6.45) is 4.86. The summed E-state index contributed by atoms with van der Waals surface area (Å²) in [5, 5.41) is 12.5. The first-order valence-electron chi connectivity index (χ1n) is 12.2. The molecule has 1 aromatic heterocycles. The molecule has 0 spiro atoms. The van der Waals surface area contributed by atoms with Crippen molar-refractivity contribution in [2.24, 2.45) is 5.92 Å². The molecule has 3 atom stereocenters. The normalized spacial score (nSPS) is 21.8. The van der Waals surface area contributed by atoms with Gasteiger partial charge in [-0.3, -0.25) is 10.3 Å². The van der Waals surface area contributed by atoms with Crippen molar-refractivity contribution in [2.45, 2.75) is 38.3 Å². The van der Waals surface area contributed by atoms with Gasteiger partial charge in [0.2, 0.25) is 0 Å². The van der Waals surface area contributed by atoms with Crippen LogP contribution in [0.4, 0.5) is 11.6 Å². The Balaban J connectivity index is 1.30. The number of hydrogen-bond acceptors (Lipinski definition) is 7. The molecule has 1 saturated carbocycles. The number of benzene rings is 2. The van der Waals surface area contributed by atoms with Crippen molar-refractivity contribution < 1.29 is 4.74 Å². The average molecular weight is 469 g/mol. The number of nitrogen functional groups attached to an aromatic ring is 1. The number of para-hydroxylation sites is 1. The van der Waals surface area contributed by atoms with Crippen LogP contribution in [-0.4, -0.2) is 45.8 Å². The lowest BCUT2D eigenvalue weighted by Gasteiger charge is -2.34. The van der Waals surface area contributed by atoms with E-state index in [4.69, 9.17) is 15.9 Å². The number of aromatic nitrogens is 2. The molecule has 2 fully saturated rings. The van der Waals surface area contributed by atoms with Gasteiger partial charge in [0.15, 0.2) is 0 Å². The van der Waals surface area contributed by atoms with Crippen LogP contribution in [0.3, 0.4) is 0 Å².